The van der Waals surface area contributed by atoms with Crippen molar-refractivity contribution >= 4 is 21.6 Å². The molecule has 0 atom stereocenters. The highest BCUT2D eigenvalue weighted by Crippen LogP contribution is 2.28. The number of hydrogen-bond donors (Lipinski definition) is 1. The second-order valence-electron chi connectivity index (χ2n) is 4.98. The number of anilines is 1. The van der Waals surface area contributed by atoms with Crippen molar-refractivity contribution in [2.75, 3.05) is 39.1 Å². The van der Waals surface area contributed by atoms with E-state index in [-0.39, 0.29) is 0 Å². The highest BCUT2D eigenvalue weighted by atomic mass is 79.9. The summed E-state index contributed by atoms with van der Waals surface area (Å²) in [4.78, 5) is 2.40. The van der Waals surface area contributed by atoms with Crippen LogP contribution in [0.5, 0.6) is 5.75 Å². The normalized spacial score (nSPS) is 17.7. The van der Waals surface area contributed by atoms with Crippen LogP contribution in [0.25, 0.3) is 0 Å². The average Bonchev–Trinajstić information content (AvgIpc) is 2.39. The summed E-state index contributed by atoms with van der Waals surface area (Å²) in [5, 5.41) is 3.51. The van der Waals surface area contributed by atoms with Crippen molar-refractivity contribution in [1.82, 2.24) is 4.90 Å². The van der Waals surface area contributed by atoms with Crippen LogP contribution in [0.2, 0.25) is 0 Å². The van der Waals surface area contributed by atoms with Gasteiger partial charge < -0.3 is 15.0 Å². The molecule has 0 bridgehead atoms. The maximum Gasteiger partial charge on any atom is 0.135 e. The van der Waals surface area contributed by atoms with E-state index in [1.165, 1.54) is 25.9 Å². The monoisotopic (exact) mass is 312 g/mol. The van der Waals surface area contributed by atoms with Gasteiger partial charge in [0.25, 0.3) is 0 Å². The summed E-state index contributed by atoms with van der Waals surface area (Å²) in [7, 11) is 3.89. The lowest BCUT2D eigenvalue weighted by atomic mass is 9.97. The molecule has 3 nitrogen and oxygen atoms in total. The molecule has 1 heterocycles. The van der Waals surface area contributed by atoms with Gasteiger partial charge in [0.05, 0.1) is 11.6 Å². The Kier molecular flexibility index (Phi) is 4.89. The first kappa shape index (κ1) is 13.7. The third kappa shape index (κ3) is 3.62. The Morgan fingerprint density at radius 2 is 2.11 bits per heavy atom. The number of hydrogen-bond acceptors (Lipinski definition) is 3. The number of nitrogens with zero attached hydrogens (tertiary/aromatic N) is 1. The molecule has 0 saturated carbocycles. The maximum absolute atomic E-state index is 5.30. The van der Waals surface area contributed by atoms with E-state index in [4.69, 9.17) is 4.74 Å². The summed E-state index contributed by atoms with van der Waals surface area (Å²) in [5.74, 6) is 1.67. The van der Waals surface area contributed by atoms with E-state index in [0.717, 1.165) is 28.4 Å². The first-order chi connectivity index (χ1) is 8.69. The van der Waals surface area contributed by atoms with E-state index in [1.54, 1.807) is 7.11 Å². The van der Waals surface area contributed by atoms with Crippen molar-refractivity contribution in [1.29, 1.82) is 0 Å². The molecule has 0 aromatic heterocycles. The van der Waals surface area contributed by atoms with Crippen molar-refractivity contribution in [2.24, 2.45) is 5.92 Å². The summed E-state index contributed by atoms with van der Waals surface area (Å²) in [6.45, 7) is 3.49. The first-order valence-corrected chi connectivity index (χ1v) is 7.24. The van der Waals surface area contributed by atoms with Crippen LogP contribution in [0, 0.1) is 5.92 Å². The molecule has 18 heavy (non-hydrogen) atoms. The zero-order valence-corrected chi connectivity index (χ0v) is 12.7. The molecule has 0 radical (unpaired) electrons. The van der Waals surface area contributed by atoms with E-state index >= 15 is 0 Å². The number of nitrogens with one attached hydrogen (secondary N) is 1. The quantitative estimate of drug-likeness (QED) is 0.924. The zero-order chi connectivity index (χ0) is 13.0. The van der Waals surface area contributed by atoms with E-state index in [2.05, 4.69) is 39.3 Å². The fourth-order valence-electron chi connectivity index (χ4n) is 2.30. The lowest BCUT2D eigenvalue weighted by Gasteiger charge is -2.29. The highest BCUT2D eigenvalue weighted by Gasteiger charge is 2.16. The van der Waals surface area contributed by atoms with Gasteiger partial charge in [-0.3, -0.25) is 0 Å². The summed E-state index contributed by atoms with van der Waals surface area (Å²) >= 11 is 3.47. The van der Waals surface area contributed by atoms with Crippen LogP contribution in [0.3, 0.4) is 0 Å². The number of halogens is 1. The van der Waals surface area contributed by atoms with Gasteiger partial charge >= 0.3 is 0 Å². The molecule has 0 spiro atoms. The third-order valence-electron chi connectivity index (χ3n) is 3.58. The predicted octanol–water partition coefficient (Wildman–Crippen LogP) is 3.21. The van der Waals surface area contributed by atoms with Crippen molar-refractivity contribution < 1.29 is 4.74 Å². The molecule has 2 rings (SSSR count). The molecule has 1 aromatic rings. The van der Waals surface area contributed by atoms with Gasteiger partial charge in [-0.25, -0.2) is 0 Å². The van der Waals surface area contributed by atoms with Crippen LogP contribution in [-0.4, -0.2) is 38.7 Å². The molecule has 1 aliphatic rings. The zero-order valence-electron chi connectivity index (χ0n) is 11.1. The van der Waals surface area contributed by atoms with Gasteiger partial charge in [0, 0.05) is 18.3 Å². The maximum atomic E-state index is 5.30. The van der Waals surface area contributed by atoms with E-state index in [9.17, 15) is 0 Å². The second kappa shape index (κ2) is 6.43. The summed E-state index contributed by atoms with van der Waals surface area (Å²) in [6, 6.07) is 6.15. The van der Waals surface area contributed by atoms with E-state index in [1.807, 2.05) is 12.1 Å². The van der Waals surface area contributed by atoms with Crippen LogP contribution in [-0.2, 0) is 0 Å². The smallest absolute Gasteiger partial charge is 0.135 e. The Hall–Kier alpha value is -0.740. The largest absolute Gasteiger partial charge is 0.495 e. The van der Waals surface area contributed by atoms with Gasteiger partial charge in [-0.2, -0.15) is 0 Å². The fraction of sp³-hybridized carbons (Fsp3) is 0.571. The van der Waals surface area contributed by atoms with Crippen LogP contribution in [0.1, 0.15) is 12.8 Å². The van der Waals surface area contributed by atoms with Crippen molar-refractivity contribution in [2.45, 2.75) is 12.8 Å². The van der Waals surface area contributed by atoms with Crippen LogP contribution in [0.4, 0.5) is 5.69 Å². The number of rotatable bonds is 4. The SMILES string of the molecule is COc1cc(NCC2CCN(C)CC2)ccc1Br. The summed E-state index contributed by atoms with van der Waals surface area (Å²) < 4.78 is 6.29. The van der Waals surface area contributed by atoms with Crippen molar-refractivity contribution in [3.05, 3.63) is 22.7 Å². The fourth-order valence-corrected chi connectivity index (χ4v) is 2.71. The minimum atomic E-state index is 0.788. The minimum absolute atomic E-state index is 0.788. The Morgan fingerprint density at radius 3 is 2.78 bits per heavy atom. The van der Waals surface area contributed by atoms with Crippen LogP contribution >= 0.6 is 15.9 Å². The molecule has 4 heteroatoms. The third-order valence-corrected chi connectivity index (χ3v) is 4.24. The van der Waals surface area contributed by atoms with Crippen LogP contribution < -0.4 is 10.1 Å². The molecule has 1 N–H and O–H groups in total. The van der Waals surface area contributed by atoms with Gasteiger partial charge in [0.1, 0.15) is 5.75 Å². The van der Waals surface area contributed by atoms with Crippen LogP contribution in [0.15, 0.2) is 22.7 Å². The molecule has 0 unspecified atom stereocenters. The molecule has 1 aliphatic heterocycles. The molecular weight excluding hydrogens is 292 g/mol. The Morgan fingerprint density at radius 1 is 1.39 bits per heavy atom. The number of benzene rings is 1. The topological polar surface area (TPSA) is 24.5 Å². The number of ether oxygens (including phenoxy) is 1. The Balaban J connectivity index is 1.86. The van der Waals surface area contributed by atoms with Gasteiger partial charge in [-0.1, -0.05) is 0 Å². The van der Waals surface area contributed by atoms with E-state index < -0.39 is 0 Å². The molecule has 1 saturated heterocycles. The molecule has 1 aromatic carbocycles. The van der Waals surface area contributed by atoms with Crippen molar-refractivity contribution in [3.8, 4) is 5.75 Å². The molecule has 100 valence electrons. The number of methoxy groups -OCH3 is 1. The minimum Gasteiger partial charge on any atom is -0.495 e. The van der Waals surface area contributed by atoms with Gasteiger partial charge in [-0.05, 0) is 67.0 Å². The predicted molar refractivity (Wildman–Crippen MR) is 79.4 cm³/mol. The summed E-state index contributed by atoms with van der Waals surface area (Å²) in [6.07, 6.45) is 2.58. The van der Waals surface area contributed by atoms with Gasteiger partial charge in [0.15, 0.2) is 0 Å². The Labute approximate surface area is 118 Å². The molecular formula is C14H21BrN2O. The highest BCUT2D eigenvalue weighted by molar-refractivity contribution is 9.10. The first-order valence-electron chi connectivity index (χ1n) is 6.45. The van der Waals surface area contributed by atoms with Gasteiger partial charge in [-0.15, -0.1) is 0 Å². The number of piperidine rings is 1. The molecule has 0 amide bonds. The molecule has 1 fully saturated rings. The van der Waals surface area contributed by atoms with Crippen molar-refractivity contribution in [3.63, 3.8) is 0 Å². The lowest BCUT2D eigenvalue weighted by Crippen LogP contribution is -2.32. The lowest BCUT2D eigenvalue weighted by molar-refractivity contribution is 0.226. The second-order valence-corrected chi connectivity index (χ2v) is 5.83. The van der Waals surface area contributed by atoms with E-state index in [0.29, 0.717) is 0 Å². The van der Waals surface area contributed by atoms with Gasteiger partial charge in [0.2, 0.25) is 0 Å². The standard InChI is InChI=1S/C14H21BrN2O/c1-17-7-5-11(6-8-17)10-16-12-3-4-13(15)14(9-12)18-2/h3-4,9,11,16H,5-8,10H2,1-2H3. The average molecular weight is 313 g/mol. The molecule has 0 aliphatic carbocycles. The summed E-state index contributed by atoms with van der Waals surface area (Å²) in [5.41, 5.74) is 1.13. The Bertz CT molecular complexity index is 389. The number of likely N-dealkylation sites (tertiary alicyclic amines) is 1.